The van der Waals surface area contributed by atoms with Gasteiger partial charge in [0, 0.05) is 17.8 Å². The van der Waals surface area contributed by atoms with Gasteiger partial charge in [-0.25, -0.2) is 9.18 Å². The van der Waals surface area contributed by atoms with E-state index in [2.05, 4.69) is 5.32 Å². The smallest absolute Gasteiger partial charge is 0.337 e. The van der Waals surface area contributed by atoms with E-state index in [4.69, 9.17) is 4.74 Å². The molecule has 0 aromatic heterocycles. The maximum absolute atomic E-state index is 13.2. The van der Waals surface area contributed by atoms with Gasteiger partial charge in [-0.1, -0.05) is 13.8 Å². The van der Waals surface area contributed by atoms with E-state index in [-0.39, 0.29) is 17.4 Å². The maximum Gasteiger partial charge on any atom is 0.337 e. The van der Waals surface area contributed by atoms with Crippen LogP contribution in [-0.2, 0) is 16.0 Å². The van der Waals surface area contributed by atoms with Crippen molar-refractivity contribution in [2.75, 3.05) is 18.6 Å². The fourth-order valence-corrected chi connectivity index (χ4v) is 3.38. The predicted octanol–water partition coefficient (Wildman–Crippen LogP) is 2.96. The molecule has 1 heterocycles. The molecule has 2 amide bonds. The first-order valence-electron chi connectivity index (χ1n) is 9.41. The Morgan fingerprint density at radius 1 is 1.07 bits per heavy atom. The Bertz CT molecular complexity index is 940. The summed E-state index contributed by atoms with van der Waals surface area (Å²) in [5.74, 6) is -1.66. The second kappa shape index (κ2) is 8.43. The molecule has 0 bridgehead atoms. The van der Waals surface area contributed by atoms with E-state index in [0.717, 1.165) is 11.3 Å². The highest BCUT2D eigenvalue weighted by molar-refractivity contribution is 6.04. The molecule has 1 unspecified atom stereocenters. The van der Waals surface area contributed by atoms with Crippen LogP contribution in [0.3, 0.4) is 0 Å². The number of carbonyl (C=O) groups is 3. The third kappa shape index (κ3) is 4.29. The summed E-state index contributed by atoms with van der Waals surface area (Å²) in [6.45, 7) is 4.17. The lowest BCUT2D eigenvalue weighted by Gasteiger charge is -2.27. The number of rotatable bonds is 5. The van der Waals surface area contributed by atoms with Gasteiger partial charge in [-0.15, -0.1) is 0 Å². The SMILES string of the molecule is COC(=O)c1ccc2c(c1)CCN2C(=O)C(NC(=O)c1ccc(F)cc1)C(C)C. The Labute approximate surface area is 168 Å². The van der Waals surface area contributed by atoms with Crippen molar-refractivity contribution < 1.29 is 23.5 Å². The Morgan fingerprint density at radius 2 is 1.72 bits per heavy atom. The third-order valence-electron chi connectivity index (χ3n) is 4.99. The Balaban J connectivity index is 1.80. The van der Waals surface area contributed by atoms with Crippen LogP contribution in [0, 0.1) is 11.7 Å². The molecular weight excluding hydrogens is 375 g/mol. The van der Waals surface area contributed by atoms with Crippen molar-refractivity contribution in [1.82, 2.24) is 5.32 Å². The number of nitrogens with one attached hydrogen (secondary N) is 1. The van der Waals surface area contributed by atoms with Gasteiger partial charge in [0.15, 0.2) is 0 Å². The van der Waals surface area contributed by atoms with Crippen LogP contribution in [0.4, 0.5) is 10.1 Å². The summed E-state index contributed by atoms with van der Waals surface area (Å²) in [7, 11) is 1.32. The molecule has 0 fully saturated rings. The molecule has 0 aliphatic carbocycles. The Kier molecular flexibility index (Phi) is 5.96. The van der Waals surface area contributed by atoms with Gasteiger partial charge in [0.1, 0.15) is 11.9 Å². The molecule has 7 heteroatoms. The minimum Gasteiger partial charge on any atom is -0.465 e. The van der Waals surface area contributed by atoms with Crippen LogP contribution >= 0.6 is 0 Å². The van der Waals surface area contributed by atoms with Gasteiger partial charge in [-0.3, -0.25) is 9.59 Å². The first kappa shape index (κ1) is 20.5. The molecule has 152 valence electrons. The number of halogens is 1. The minimum atomic E-state index is -0.737. The number of methoxy groups -OCH3 is 1. The average Bonchev–Trinajstić information content (AvgIpc) is 3.14. The molecule has 29 heavy (non-hydrogen) atoms. The van der Waals surface area contributed by atoms with E-state index in [1.807, 2.05) is 13.8 Å². The van der Waals surface area contributed by atoms with E-state index >= 15 is 0 Å². The molecule has 6 nitrogen and oxygen atoms in total. The molecule has 1 aliphatic rings. The summed E-state index contributed by atoms with van der Waals surface area (Å²) >= 11 is 0. The number of nitrogens with zero attached hydrogens (tertiary/aromatic N) is 1. The number of benzene rings is 2. The lowest BCUT2D eigenvalue weighted by atomic mass is 10.0. The molecule has 1 N–H and O–H groups in total. The predicted molar refractivity (Wildman–Crippen MR) is 106 cm³/mol. The Hall–Kier alpha value is -3.22. The van der Waals surface area contributed by atoms with E-state index < -0.39 is 23.7 Å². The van der Waals surface area contributed by atoms with Crippen molar-refractivity contribution >= 4 is 23.5 Å². The third-order valence-corrected chi connectivity index (χ3v) is 4.99. The molecule has 1 aliphatic heterocycles. The number of fused-ring (bicyclic) bond motifs is 1. The van der Waals surface area contributed by atoms with Crippen molar-refractivity contribution in [2.24, 2.45) is 5.92 Å². The molecule has 0 radical (unpaired) electrons. The number of amides is 2. The number of hydrogen-bond donors (Lipinski definition) is 1. The van der Waals surface area contributed by atoms with Gasteiger partial charge in [-0.2, -0.15) is 0 Å². The first-order chi connectivity index (χ1) is 13.8. The van der Waals surface area contributed by atoms with Crippen molar-refractivity contribution in [3.05, 3.63) is 65.0 Å². The van der Waals surface area contributed by atoms with Gasteiger partial charge in [0.05, 0.1) is 12.7 Å². The summed E-state index contributed by atoms with van der Waals surface area (Å²) < 4.78 is 17.8. The van der Waals surface area contributed by atoms with Gasteiger partial charge in [0.2, 0.25) is 5.91 Å². The molecule has 3 rings (SSSR count). The molecular formula is C22H23FN2O4. The fourth-order valence-electron chi connectivity index (χ4n) is 3.38. The second-order valence-corrected chi connectivity index (χ2v) is 7.28. The summed E-state index contributed by atoms with van der Waals surface area (Å²) in [5.41, 5.74) is 2.33. The van der Waals surface area contributed by atoms with Crippen molar-refractivity contribution in [2.45, 2.75) is 26.3 Å². The monoisotopic (exact) mass is 398 g/mol. The fraction of sp³-hybridized carbons (Fsp3) is 0.318. The van der Waals surface area contributed by atoms with Gasteiger partial charge < -0.3 is 15.0 Å². The number of esters is 1. The van der Waals surface area contributed by atoms with Crippen molar-refractivity contribution in [1.29, 1.82) is 0 Å². The van der Waals surface area contributed by atoms with Crippen LogP contribution in [-0.4, -0.2) is 37.5 Å². The number of carbonyl (C=O) groups excluding carboxylic acids is 3. The standard InChI is InChI=1S/C22H23FN2O4/c1-13(2)19(24-20(26)14-4-7-17(23)8-5-14)21(27)25-11-10-15-12-16(22(28)29-3)6-9-18(15)25/h4-9,12-13,19H,10-11H2,1-3H3,(H,24,26). The summed E-state index contributed by atoms with van der Waals surface area (Å²) in [5, 5.41) is 2.77. The Morgan fingerprint density at radius 3 is 2.34 bits per heavy atom. The lowest BCUT2D eigenvalue weighted by Crippen LogP contribution is -2.51. The largest absolute Gasteiger partial charge is 0.465 e. The molecule has 0 spiro atoms. The highest BCUT2D eigenvalue weighted by atomic mass is 19.1. The quantitative estimate of drug-likeness (QED) is 0.786. The van der Waals surface area contributed by atoms with Crippen LogP contribution in [0.2, 0.25) is 0 Å². The van der Waals surface area contributed by atoms with Gasteiger partial charge >= 0.3 is 5.97 Å². The number of anilines is 1. The summed E-state index contributed by atoms with van der Waals surface area (Å²) in [6.07, 6.45) is 0.614. The molecule has 0 saturated carbocycles. The van der Waals surface area contributed by atoms with Gasteiger partial charge in [-0.05, 0) is 60.4 Å². The average molecular weight is 398 g/mol. The van der Waals surface area contributed by atoms with Crippen molar-refractivity contribution in [3.8, 4) is 0 Å². The molecule has 2 aromatic carbocycles. The highest BCUT2D eigenvalue weighted by Gasteiger charge is 2.33. The minimum absolute atomic E-state index is 0.148. The lowest BCUT2D eigenvalue weighted by molar-refractivity contribution is -0.121. The first-order valence-corrected chi connectivity index (χ1v) is 9.41. The molecule has 2 aromatic rings. The van der Waals surface area contributed by atoms with Crippen LogP contribution in [0.25, 0.3) is 0 Å². The molecule has 0 saturated heterocycles. The highest BCUT2D eigenvalue weighted by Crippen LogP contribution is 2.30. The zero-order valence-electron chi connectivity index (χ0n) is 16.6. The van der Waals surface area contributed by atoms with Crippen molar-refractivity contribution in [3.63, 3.8) is 0 Å². The van der Waals surface area contributed by atoms with E-state index in [0.29, 0.717) is 18.5 Å². The second-order valence-electron chi connectivity index (χ2n) is 7.28. The summed E-state index contributed by atoms with van der Waals surface area (Å²) in [4.78, 5) is 39.1. The number of hydrogen-bond acceptors (Lipinski definition) is 4. The molecule has 1 atom stereocenters. The van der Waals surface area contributed by atoms with E-state index in [9.17, 15) is 18.8 Å². The van der Waals surface area contributed by atoms with Crippen LogP contribution in [0.5, 0.6) is 0 Å². The van der Waals surface area contributed by atoms with Crippen LogP contribution in [0.15, 0.2) is 42.5 Å². The normalized spacial score (nSPS) is 13.8. The summed E-state index contributed by atoms with van der Waals surface area (Å²) in [6, 6.07) is 9.52. The zero-order chi connectivity index (χ0) is 21.1. The maximum atomic E-state index is 13.2. The van der Waals surface area contributed by atoms with E-state index in [1.165, 1.54) is 31.4 Å². The topological polar surface area (TPSA) is 75.7 Å². The van der Waals surface area contributed by atoms with Gasteiger partial charge in [0.25, 0.3) is 5.91 Å². The number of ether oxygens (including phenoxy) is 1. The zero-order valence-corrected chi connectivity index (χ0v) is 16.6. The van der Waals surface area contributed by atoms with E-state index in [1.54, 1.807) is 23.1 Å². The van der Waals surface area contributed by atoms with Crippen LogP contribution < -0.4 is 10.2 Å². The van der Waals surface area contributed by atoms with Crippen LogP contribution in [0.1, 0.15) is 40.1 Å².